The lowest BCUT2D eigenvalue weighted by Crippen LogP contribution is -1.79. The fourth-order valence-electron chi connectivity index (χ4n) is 3.99. The molecule has 0 spiro atoms. The van der Waals surface area contributed by atoms with E-state index in [9.17, 15) is 0 Å². The molecule has 0 aliphatic carbocycles. The Labute approximate surface area is 172 Å². The predicted molar refractivity (Wildman–Crippen MR) is 121 cm³/mol. The lowest BCUT2D eigenvalue weighted by molar-refractivity contribution is 1.13. The third-order valence-electron chi connectivity index (χ3n) is 5.41. The quantitative estimate of drug-likeness (QED) is 0.315. The van der Waals surface area contributed by atoms with Gasteiger partial charge in [0.25, 0.3) is 0 Å². The van der Waals surface area contributed by atoms with Crippen molar-refractivity contribution in [3.63, 3.8) is 0 Å². The van der Waals surface area contributed by atoms with E-state index in [1.54, 1.807) is 11.3 Å². The van der Waals surface area contributed by atoms with Gasteiger partial charge in [0.15, 0.2) is 5.65 Å². The normalized spacial score (nSPS) is 12.0. The first-order valence-corrected chi connectivity index (χ1v) is 10.3. The standard InChI is InChI=1S/C22H13N7S/c1-2-19-26-13-5-11(8-23-10-13)12-6-16-20(28-29-22(16)25-9-12)17-7-15-14(18(1)30-19)3-4-24-21(15)27-17/h1-10,26H,(H,24,27)(H,25,28,29). The van der Waals surface area contributed by atoms with Gasteiger partial charge in [0.2, 0.25) is 0 Å². The maximum absolute atomic E-state index is 4.58. The lowest BCUT2D eigenvalue weighted by Gasteiger charge is -1.95. The highest BCUT2D eigenvalue weighted by molar-refractivity contribution is 7.23. The van der Waals surface area contributed by atoms with Crippen LogP contribution in [0.5, 0.6) is 0 Å². The molecule has 0 aromatic carbocycles. The van der Waals surface area contributed by atoms with Crippen LogP contribution in [0.25, 0.3) is 64.3 Å². The number of nitrogens with one attached hydrogen (secondary N) is 3. The first-order valence-electron chi connectivity index (χ1n) is 9.47. The summed E-state index contributed by atoms with van der Waals surface area (Å²) in [6.45, 7) is 0. The summed E-state index contributed by atoms with van der Waals surface area (Å²) in [4.78, 5) is 21.5. The van der Waals surface area contributed by atoms with E-state index in [0.717, 1.165) is 59.6 Å². The Kier molecular flexibility index (Phi) is 3.03. The second-order valence-electron chi connectivity index (χ2n) is 7.25. The maximum Gasteiger partial charge on any atom is 0.155 e. The molecule has 7 nitrogen and oxygen atoms in total. The molecule has 0 radical (unpaired) electrons. The van der Waals surface area contributed by atoms with Crippen molar-refractivity contribution in [3.05, 3.63) is 61.2 Å². The first kappa shape index (κ1) is 15.8. The Morgan fingerprint density at radius 2 is 1.73 bits per heavy atom. The SMILES string of the molecule is c1cc2c3ccc([nH]c4cncc(c4)c4cnc5[nH]nc(c6cc2c(n1)[nH]6)c5c4)s3. The van der Waals surface area contributed by atoms with E-state index >= 15 is 0 Å². The molecule has 8 heteroatoms. The van der Waals surface area contributed by atoms with Crippen LogP contribution in [-0.4, -0.2) is 35.1 Å². The summed E-state index contributed by atoms with van der Waals surface area (Å²) < 4.78 is 1.17. The Hall–Kier alpha value is -4.04. The van der Waals surface area contributed by atoms with Crippen LogP contribution in [0.2, 0.25) is 0 Å². The topological polar surface area (TPSA) is 98.9 Å². The van der Waals surface area contributed by atoms with Gasteiger partial charge in [-0.15, -0.1) is 11.3 Å². The van der Waals surface area contributed by atoms with Crippen LogP contribution in [0.3, 0.4) is 0 Å². The zero-order chi connectivity index (χ0) is 19.7. The van der Waals surface area contributed by atoms with Crippen molar-refractivity contribution in [2.24, 2.45) is 0 Å². The largest absolute Gasteiger partial charge is 0.346 e. The third kappa shape index (κ3) is 2.25. The van der Waals surface area contributed by atoms with Gasteiger partial charge < -0.3 is 9.97 Å². The fourth-order valence-corrected chi connectivity index (χ4v) is 4.96. The van der Waals surface area contributed by atoms with Crippen LogP contribution >= 0.6 is 11.3 Å². The molecule has 7 aromatic heterocycles. The number of H-pyrrole nitrogens is 3. The molecule has 0 fully saturated rings. The van der Waals surface area contributed by atoms with Gasteiger partial charge in [-0.1, -0.05) is 0 Å². The van der Waals surface area contributed by atoms with E-state index in [-0.39, 0.29) is 0 Å². The number of aromatic nitrogens is 7. The summed E-state index contributed by atoms with van der Waals surface area (Å²) in [7, 11) is 0. The van der Waals surface area contributed by atoms with Crippen LogP contribution in [0.15, 0.2) is 61.2 Å². The Morgan fingerprint density at radius 1 is 0.767 bits per heavy atom. The van der Waals surface area contributed by atoms with Crippen LogP contribution in [0.4, 0.5) is 0 Å². The number of aromatic amines is 3. The molecule has 7 aromatic rings. The van der Waals surface area contributed by atoms with Crippen LogP contribution < -0.4 is 0 Å². The molecule has 8 bridgehead atoms. The van der Waals surface area contributed by atoms with Gasteiger partial charge in [-0.3, -0.25) is 10.1 Å². The molecule has 0 saturated heterocycles. The van der Waals surface area contributed by atoms with Crippen molar-refractivity contribution in [1.29, 1.82) is 0 Å². The van der Waals surface area contributed by atoms with E-state index in [1.165, 1.54) is 4.70 Å². The minimum Gasteiger partial charge on any atom is -0.346 e. The van der Waals surface area contributed by atoms with Crippen LogP contribution in [0, 0.1) is 0 Å². The minimum atomic E-state index is 0.745. The summed E-state index contributed by atoms with van der Waals surface area (Å²) in [5, 5.41) is 12.7. The van der Waals surface area contributed by atoms with Gasteiger partial charge in [0.1, 0.15) is 11.2 Å². The average Bonchev–Trinajstić information content (AvgIpc) is 3.50. The summed E-state index contributed by atoms with van der Waals surface area (Å²) in [6.07, 6.45) is 7.37. The fraction of sp³-hybridized carbons (Fsp3) is 0. The van der Waals surface area contributed by atoms with Crippen molar-refractivity contribution in [2.75, 3.05) is 0 Å². The smallest absolute Gasteiger partial charge is 0.155 e. The molecule has 0 amide bonds. The number of thiophene rings is 1. The summed E-state index contributed by atoms with van der Waals surface area (Å²) in [5.41, 5.74) is 4.26. The Bertz CT molecular complexity index is 1820. The zero-order valence-electron chi connectivity index (χ0n) is 15.5. The van der Waals surface area contributed by atoms with Crippen molar-refractivity contribution in [1.82, 2.24) is 35.1 Å². The molecule has 7 heterocycles. The van der Waals surface area contributed by atoms with Gasteiger partial charge in [-0.05, 0) is 36.4 Å². The molecule has 0 unspecified atom stereocenters. The van der Waals surface area contributed by atoms with Crippen LogP contribution in [-0.2, 0) is 0 Å². The molecule has 0 aliphatic heterocycles. The molecule has 7 rings (SSSR count). The second-order valence-corrected chi connectivity index (χ2v) is 8.33. The van der Waals surface area contributed by atoms with Crippen molar-refractivity contribution >= 4 is 75.6 Å². The van der Waals surface area contributed by atoms with Gasteiger partial charge in [0.05, 0.1) is 22.1 Å². The second kappa shape index (κ2) is 5.74. The summed E-state index contributed by atoms with van der Waals surface area (Å²) >= 11 is 1.70. The summed E-state index contributed by atoms with van der Waals surface area (Å²) in [6, 6.07) is 12.6. The van der Waals surface area contributed by atoms with Crippen LogP contribution in [0.1, 0.15) is 0 Å². The number of hydrogen-bond donors (Lipinski definition) is 3. The average molecular weight is 407 g/mol. The molecular formula is C22H13N7S. The van der Waals surface area contributed by atoms with E-state index in [0.29, 0.717) is 0 Å². The van der Waals surface area contributed by atoms with Gasteiger partial charge in [-0.2, -0.15) is 5.10 Å². The van der Waals surface area contributed by atoms with Gasteiger partial charge in [-0.25, -0.2) is 9.97 Å². The Balaban J connectivity index is 1.80. The molecule has 0 aliphatic rings. The van der Waals surface area contributed by atoms with Gasteiger partial charge >= 0.3 is 0 Å². The predicted octanol–water partition coefficient (Wildman–Crippen LogP) is 5.36. The van der Waals surface area contributed by atoms with Crippen molar-refractivity contribution in [2.45, 2.75) is 0 Å². The molecule has 30 heavy (non-hydrogen) atoms. The number of nitrogens with zero attached hydrogens (tertiary/aromatic N) is 4. The highest BCUT2D eigenvalue weighted by Gasteiger charge is 2.09. The van der Waals surface area contributed by atoms with E-state index in [2.05, 4.69) is 71.5 Å². The third-order valence-corrected chi connectivity index (χ3v) is 6.45. The van der Waals surface area contributed by atoms with E-state index in [1.807, 2.05) is 24.8 Å². The molecule has 0 atom stereocenters. The number of hydrogen-bond acceptors (Lipinski definition) is 5. The maximum atomic E-state index is 4.58. The number of pyridine rings is 3. The molecule has 142 valence electrons. The molecule has 3 N–H and O–H groups in total. The highest BCUT2D eigenvalue weighted by atomic mass is 32.1. The summed E-state index contributed by atoms with van der Waals surface area (Å²) in [5.74, 6) is 0. The molecule has 0 saturated carbocycles. The number of fused-ring (bicyclic) bond motifs is 9. The minimum absolute atomic E-state index is 0.745. The van der Waals surface area contributed by atoms with E-state index < -0.39 is 0 Å². The van der Waals surface area contributed by atoms with Crippen molar-refractivity contribution < 1.29 is 0 Å². The van der Waals surface area contributed by atoms with Gasteiger partial charge in [0, 0.05) is 50.2 Å². The number of rotatable bonds is 0. The highest BCUT2D eigenvalue weighted by Crippen LogP contribution is 2.30. The molecular weight excluding hydrogens is 394 g/mol. The lowest BCUT2D eigenvalue weighted by atomic mass is 10.2. The first-order chi connectivity index (χ1) is 14.8. The monoisotopic (exact) mass is 407 g/mol. The zero-order valence-corrected chi connectivity index (χ0v) is 16.3. The van der Waals surface area contributed by atoms with Crippen molar-refractivity contribution in [3.8, 4) is 0 Å². The van der Waals surface area contributed by atoms with E-state index in [4.69, 9.17) is 0 Å². The Morgan fingerprint density at radius 3 is 2.73 bits per heavy atom.